The van der Waals surface area contributed by atoms with E-state index < -0.39 is 0 Å². The summed E-state index contributed by atoms with van der Waals surface area (Å²) >= 11 is 0. The van der Waals surface area contributed by atoms with Gasteiger partial charge in [0.2, 0.25) is 0 Å². The van der Waals surface area contributed by atoms with Crippen molar-refractivity contribution in [1.29, 1.82) is 0 Å². The maximum Gasteiger partial charge on any atom is 0.109 e. The minimum atomic E-state index is 0.241. The van der Waals surface area contributed by atoms with Crippen molar-refractivity contribution in [1.82, 2.24) is 4.90 Å². The van der Waals surface area contributed by atoms with Gasteiger partial charge in [-0.3, -0.25) is 0 Å². The SMILES string of the molecule is Cc1ccc([C@H]2CC3=Nc4ccccc4[C@H](c4ccccc4)N32)cc1. The predicted molar refractivity (Wildman–Crippen MR) is 102 cm³/mol. The molecular formula is C23H20N2. The maximum absolute atomic E-state index is 4.93. The molecule has 0 unspecified atom stereocenters. The Kier molecular flexibility index (Phi) is 3.24. The molecule has 5 rings (SSSR count). The molecule has 1 fully saturated rings. The molecule has 1 saturated heterocycles. The normalized spacial score (nSPS) is 21.0. The van der Waals surface area contributed by atoms with Gasteiger partial charge in [0, 0.05) is 12.0 Å². The van der Waals surface area contributed by atoms with E-state index in [1.807, 2.05) is 0 Å². The molecule has 0 amide bonds. The molecule has 2 aliphatic heterocycles. The van der Waals surface area contributed by atoms with Gasteiger partial charge in [-0.1, -0.05) is 78.4 Å². The van der Waals surface area contributed by atoms with Gasteiger partial charge in [0.05, 0.1) is 17.8 Å². The van der Waals surface area contributed by atoms with Gasteiger partial charge >= 0.3 is 0 Å². The van der Waals surface area contributed by atoms with E-state index in [4.69, 9.17) is 4.99 Å². The summed E-state index contributed by atoms with van der Waals surface area (Å²) in [5.41, 5.74) is 6.43. The quantitative estimate of drug-likeness (QED) is 0.601. The van der Waals surface area contributed by atoms with Crippen molar-refractivity contribution in [3.8, 4) is 0 Å². The van der Waals surface area contributed by atoms with Crippen LogP contribution in [-0.4, -0.2) is 10.7 Å². The van der Waals surface area contributed by atoms with Gasteiger partial charge in [-0.15, -0.1) is 0 Å². The number of aryl methyl sites for hydroxylation is 1. The first-order valence-corrected chi connectivity index (χ1v) is 8.87. The number of rotatable bonds is 2. The summed E-state index contributed by atoms with van der Waals surface area (Å²) in [7, 11) is 0. The third-order valence-corrected chi connectivity index (χ3v) is 5.35. The van der Waals surface area contributed by atoms with E-state index in [2.05, 4.69) is 90.7 Å². The van der Waals surface area contributed by atoms with E-state index in [-0.39, 0.29) is 6.04 Å². The highest BCUT2D eigenvalue weighted by Crippen LogP contribution is 2.50. The summed E-state index contributed by atoms with van der Waals surface area (Å²) in [6.07, 6.45) is 1.01. The molecule has 2 aliphatic rings. The Morgan fingerprint density at radius 1 is 0.800 bits per heavy atom. The van der Waals surface area contributed by atoms with Gasteiger partial charge in [0.25, 0.3) is 0 Å². The number of amidine groups is 1. The van der Waals surface area contributed by atoms with Crippen LogP contribution in [0.4, 0.5) is 5.69 Å². The second-order valence-corrected chi connectivity index (χ2v) is 6.94. The fourth-order valence-electron chi connectivity index (χ4n) is 4.03. The minimum Gasteiger partial charge on any atom is -0.341 e. The Morgan fingerprint density at radius 2 is 1.52 bits per heavy atom. The lowest BCUT2D eigenvalue weighted by Crippen LogP contribution is -2.50. The number of nitrogens with zero attached hydrogens (tertiary/aromatic N) is 2. The molecule has 2 heteroatoms. The number of para-hydroxylation sites is 1. The average molecular weight is 324 g/mol. The second-order valence-electron chi connectivity index (χ2n) is 6.94. The highest BCUT2D eigenvalue weighted by Gasteiger charge is 2.44. The number of benzene rings is 3. The highest BCUT2D eigenvalue weighted by atomic mass is 15.3. The smallest absolute Gasteiger partial charge is 0.109 e. The van der Waals surface area contributed by atoms with E-state index in [1.54, 1.807) is 0 Å². The van der Waals surface area contributed by atoms with Gasteiger partial charge in [-0.05, 0) is 24.1 Å². The molecule has 2 heterocycles. The summed E-state index contributed by atoms with van der Waals surface area (Å²) < 4.78 is 0. The second kappa shape index (κ2) is 5.59. The van der Waals surface area contributed by atoms with Gasteiger partial charge < -0.3 is 4.90 Å². The lowest BCUT2D eigenvalue weighted by molar-refractivity contribution is 0.202. The van der Waals surface area contributed by atoms with Crippen molar-refractivity contribution in [3.63, 3.8) is 0 Å². The lowest BCUT2D eigenvalue weighted by Gasteiger charge is -2.51. The largest absolute Gasteiger partial charge is 0.341 e. The number of hydrogen-bond donors (Lipinski definition) is 0. The van der Waals surface area contributed by atoms with Crippen molar-refractivity contribution >= 4 is 11.5 Å². The first-order valence-electron chi connectivity index (χ1n) is 8.87. The highest BCUT2D eigenvalue weighted by molar-refractivity contribution is 5.94. The molecule has 3 aromatic carbocycles. The fraction of sp³-hybridized carbons (Fsp3) is 0.174. The molecule has 0 spiro atoms. The Hall–Kier alpha value is -2.87. The molecule has 2 atom stereocenters. The molecular weight excluding hydrogens is 304 g/mol. The van der Waals surface area contributed by atoms with Gasteiger partial charge in [0.1, 0.15) is 5.84 Å². The van der Waals surface area contributed by atoms with Crippen LogP contribution in [-0.2, 0) is 0 Å². The van der Waals surface area contributed by atoms with Crippen LogP contribution in [0.1, 0.15) is 40.8 Å². The first-order chi connectivity index (χ1) is 12.3. The third-order valence-electron chi connectivity index (χ3n) is 5.35. The summed E-state index contributed by atoms with van der Waals surface area (Å²) in [4.78, 5) is 7.43. The molecule has 0 radical (unpaired) electrons. The van der Waals surface area contributed by atoms with Crippen LogP contribution in [0.2, 0.25) is 0 Å². The van der Waals surface area contributed by atoms with Crippen LogP contribution in [0.15, 0.2) is 83.9 Å². The fourth-order valence-corrected chi connectivity index (χ4v) is 4.03. The molecule has 0 N–H and O–H groups in total. The number of aliphatic imine (C=N–C) groups is 1. The molecule has 122 valence electrons. The zero-order chi connectivity index (χ0) is 16.8. The lowest BCUT2D eigenvalue weighted by atomic mass is 9.84. The van der Waals surface area contributed by atoms with Gasteiger partial charge in [-0.25, -0.2) is 4.99 Å². The van der Waals surface area contributed by atoms with E-state index >= 15 is 0 Å². The van der Waals surface area contributed by atoms with Crippen molar-refractivity contribution < 1.29 is 0 Å². The van der Waals surface area contributed by atoms with Gasteiger partial charge in [-0.2, -0.15) is 0 Å². The van der Waals surface area contributed by atoms with Crippen molar-refractivity contribution in [3.05, 3.63) is 101 Å². The zero-order valence-corrected chi connectivity index (χ0v) is 14.3. The van der Waals surface area contributed by atoms with E-state index in [0.29, 0.717) is 6.04 Å². The van der Waals surface area contributed by atoms with Crippen molar-refractivity contribution in [2.75, 3.05) is 0 Å². The monoisotopic (exact) mass is 324 g/mol. The summed E-state index contributed by atoms with van der Waals surface area (Å²) in [5.74, 6) is 1.21. The van der Waals surface area contributed by atoms with E-state index in [0.717, 1.165) is 12.1 Å². The first kappa shape index (κ1) is 14.5. The minimum absolute atomic E-state index is 0.241. The zero-order valence-electron chi connectivity index (χ0n) is 14.3. The van der Waals surface area contributed by atoms with Crippen molar-refractivity contribution in [2.45, 2.75) is 25.4 Å². The van der Waals surface area contributed by atoms with E-state index in [9.17, 15) is 0 Å². The Bertz CT molecular complexity index is 941. The number of hydrogen-bond acceptors (Lipinski definition) is 2. The van der Waals surface area contributed by atoms with Crippen LogP contribution in [0.3, 0.4) is 0 Å². The molecule has 2 nitrogen and oxygen atoms in total. The van der Waals surface area contributed by atoms with Crippen LogP contribution in [0.25, 0.3) is 0 Å². The van der Waals surface area contributed by atoms with Crippen LogP contribution < -0.4 is 0 Å². The molecule has 3 aromatic rings. The molecule has 0 aromatic heterocycles. The van der Waals surface area contributed by atoms with Crippen LogP contribution in [0, 0.1) is 6.92 Å². The average Bonchev–Trinajstić information content (AvgIpc) is 2.65. The molecule has 0 aliphatic carbocycles. The Labute approximate surface area is 148 Å². The van der Waals surface area contributed by atoms with Crippen LogP contribution in [0.5, 0.6) is 0 Å². The maximum atomic E-state index is 4.93. The Balaban J connectivity index is 1.62. The van der Waals surface area contributed by atoms with Crippen molar-refractivity contribution in [2.24, 2.45) is 4.99 Å². The predicted octanol–water partition coefficient (Wildman–Crippen LogP) is 5.58. The van der Waals surface area contributed by atoms with Crippen LogP contribution >= 0.6 is 0 Å². The van der Waals surface area contributed by atoms with Gasteiger partial charge in [0.15, 0.2) is 0 Å². The summed E-state index contributed by atoms with van der Waals surface area (Å²) in [6, 6.07) is 28.9. The summed E-state index contributed by atoms with van der Waals surface area (Å²) in [5, 5.41) is 0. The topological polar surface area (TPSA) is 15.6 Å². The molecule has 0 saturated carbocycles. The molecule has 0 bridgehead atoms. The number of fused-ring (bicyclic) bond motifs is 2. The molecule has 25 heavy (non-hydrogen) atoms. The Morgan fingerprint density at radius 3 is 2.32 bits per heavy atom. The van der Waals surface area contributed by atoms with E-state index in [1.165, 1.54) is 28.1 Å². The third kappa shape index (κ3) is 2.29. The standard InChI is InChI=1S/C23H20N2/c1-16-11-13-17(14-12-16)21-15-22-24-20-10-6-5-9-19(20)23(25(21)22)18-7-3-2-4-8-18/h2-14,21,23H,15H2,1H3/t21-,23+/m1/s1. The summed E-state index contributed by atoms with van der Waals surface area (Å²) in [6.45, 7) is 2.14.